The minimum absolute atomic E-state index is 0.0584. The van der Waals surface area contributed by atoms with Crippen LogP contribution in [0.25, 0.3) is 0 Å². The third kappa shape index (κ3) is 5.02. The Hall–Kier alpha value is -0.170. The molecular formula is C13H28N2O3S. The molecule has 0 aromatic heterocycles. The molecule has 1 aliphatic carbocycles. The molecule has 0 aromatic rings. The number of rotatable bonds is 5. The molecule has 5 nitrogen and oxygen atoms in total. The average molecular weight is 292 g/mol. The Balaban J connectivity index is 2.55. The van der Waals surface area contributed by atoms with Crippen LogP contribution < -0.4 is 4.72 Å². The fourth-order valence-electron chi connectivity index (χ4n) is 2.23. The molecule has 1 rings (SSSR count). The van der Waals surface area contributed by atoms with Crippen molar-refractivity contribution in [1.82, 2.24) is 9.03 Å². The second-order valence-corrected chi connectivity index (χ2v) is 8.36. The lowest BCUT2D eigenvalue weighted by Crippen LogP contribution is -2.48. The van der Waals surface area contributed by atoms with Gasteiger partial charge in [0.2, 0.25) is 0 Å². The first-order chi connectivity index (χ1) is 8.64. The molecule has 0 aliphatic heterocycles. The van der Waals surface area contributed by atoms with Crippen LogP contribution in [0, 0.1) is 5.41 Å². The van der Waals surface area contributed by atoms with Crippen LogP contribution in [0.15, 0.2) is 0 Å². The molecule has 0 heterocycles. The van der Waals surface area contributed by atoms with Gasteiger partial charge >= 0.3 is 0 Å². The van der Waals surface area contributed by atoms with E-state index < -0.39 is 16.3 Å². The molecule has 0 bridgehead atoms. The van der Waals surface area contributed by atoms with Gasteiger partial charge in [-0.3, -0.25) is 0 Å². The van der Waals surface area contributed by atoms with Gasteiger partial charge in [0.05, 0.1) is 6.10 Å². The Kier molecular flexibility index (Phi) is 5.79. The van der Waals surface area contributed by atoms with Crippen LogP contribution in [-0.4, -0.2) is 43.6 Å². The summed E-state index contributed by atoms with van der Waals surface area (Å²) in [5, 5.41) is 9.90. The van der Waals surface area contributed by atoms with Gasteiger partial charge in [0.15, 0.2) is 0 Å². The largest absolute Gasteiger partial charge is 0.391 e. The Morgan fingerprint density at radius 3 is 2.26 bits per heavy atom. The van der Waals surface area contributed by atoms with E-state index in [0.717, 1.165) is 25.7 Å². The van der Waals surface area contributed by atoms with Gasteiger partial charge in [0.1, 0.15) is 0 Å². The predicted octanol–water partition coefficient (Wildman–Crippen LogP) is 1.49. The van der Waals surface area contributed by atoms with Crippen LogP contribution in [0.4, 0.5) is 0 Å². The van der Waals surface area contributed by atoms with Crippen molar-refractivity contribution >= 4 is 10.2 Å². The maximum atomic E-state index is 12.2. The van der Waals surface area contributed by atoms with E-state index in [1.807, 2.05) is 20.8 Å². The zero-order valence-corrected chi connectivity index (χ0v) is 13.3. The Morgan fingerprint density at radius 1 is 1.26 bits per heavy atom. The Labute approximate surface area is 117 Å². The molecule has 114 valence electrons. The fourth-order valence-corrected chi connectivity index (χ4v) is 3.41. The summed E-state index contributed by atoms with van der Waals surface area (Å²) in [6, 6.07) is 0.0954. The van der Waals surface area contributed by atoms with Crippen molar-refractivity contribution in [3.63, 3.8) is 0 Å². The van der Waals surface area contributed by atoms with Crippen molar-refractivity contribution in [3.05, 3.63) is 0 Å². The lowest BCUT2D eigenvalue weighted by atomic mass is 9.89. The summed E-state index contributed by atoms with van der Waals surface area (Å²) in [6.45, 7) is 5.72. The molecular weight excluding hydrogens is 264 g/mol. The predicted molar refractivity (Wildman–Crippen MR) is 77.0 cm³/mol. The quantitative estimate of drug-likeness (QED) is 0.806. The molecule has 2 N–H and O–H groups in total. The molecule has 1 aliphatic rings. The van der Waals surface area contributed by atoms with Crippen LogP contribution in [0.5, 0.6) is 0 Å². The summed E-state index contributed by atoms with van der Waals surface area (Å²) in [5.74, 6) is 0. The molecule has 1 saturated carbocycles. The number of hydrogen-bond donors (Lipinski definition) is 2. The highest BCUT2D eigenvalue weighted by Crippen LogP contribution is 2.23. The van der Waals surface area contributed by atoms with Crippen molar-refractivity contribution in [3.8, 4) is 0 Å². The highest BCUT2D eigenvalue weighted by atomic mass is 32.2. The molecule has 0 amide bonds. The van der Waals surface area contributed by atoms with Gasteiger partial charge < -0.3 is 5.11 Å². The summed E-state index contributed by atoms with van der Waals surface area (Å²) in [5.41, 5.74) is -0.327. The minimum Gasteiger partial charge on any atom is -0.391 e. The second kappa shape index (κ2) is 6.52. The van der Waals surface area contributed by atoms with Gasteiger partial charge in [0, 0.05) is 19.6 Å². The maximum absolute atomic E-state index is 12.2. The molecule has 0 saturated heterocycles. The zero-order valence-electron chi connectivity index (χ0n) is 12.5. The molecule has 0 radical (unpaired) electrons. The summed E-state index contributed by atoms with van der Waals surface area (Å²) < 4.78 is 28.3. The summed E-state index contributed by atoms with van der Waals surface area (Å²) in [4.78, 5) is 0. The zero-order chi connectivity index (χ0) is 14.7. The Morgan fingerprint density at radius 2 is 1.79 bits per heavy atom. The van der Waals surface area contributed by atoms with Crippen LogP contribution >= 0.6 is 0 Å². The van der Waals surface area contributed by atoms with Crippen LogP contribution in [0.3, 0.4) is 0 Å². The third-order valence-corrected chi connectivity index (χ3v) is 5.51. The van der Waals surface area contributed by atoms with Crippen molar-refractivity contribution in [2.24, 2.45) is 5.41 Å². The smallest absolute Gasteiger partial charge is 0.279 e. The number of aliphatic hydroxyl groups is 1. The molecule has 1 atom stereocenters. The lowest BCUT2D eigenvalue weighted by Gasteiger charge is -2.32. The van der Waals surface area contributed by atoms with Gasteiger partial charge in [-0.2, -0.15) is 17.4 Å². The van der Waals surface area contributed by atoms with Crippen LogP contribution in [0.2, 0.25) is 0 Å². The van der Waals surface area contributed by atoms with E-state index in [4.69, 9.17) is 0 Å². The number of aliphatic hydroxyl groups excluding tert-OH is 1. The first-order valence-electron chi connectivity index (χ1n) is 7.05. The van der Waals surface area contributed by atoms with Crippen LogP contribution in [0.1, 0.15) is 52.9 Å². The first kappa shape index (κ1) is 16.9. The van der Waals surface area contributed by atoms with Crippen molar-refractivity contribution in [2.75, 3.05) is 13.6 Å². The monoisotopic (exact) mass is 292 g/mol. The van der Waals surface area contributed by atoms with Crippen molar-refractivity contribution in [2.45, 2.75) is 65.0 Å². The average Bonchev–Trinajstić information content (AvgIpc) is 2.35. The lowest BCUT2D eigenvalue weighted by molar-refractivity contribution is 0.0672. The van der Waals surface area contributed by atoms with Gasteiger partial charge in [-0.1, -0.05) is 40.0 Å². The normalized spacial score (nSPS) is 20.7. The van der Waals surface area contributed by atoms with Crippen molar-refractivity contribution < 1.29 is 13.5 Å². The van der Waals surface area contributed by atoms with E-state index in [-0.39, 0.29) is 18.0 Å². The third-order valence-electron chi connectivity index (χ3n) is 3.93. The summed E-state index contributed by atoms with van der Waals surface area (Å²) >= 11 is 0. The molecule has 19 heavy (non-hydrogen) atoms. The molecule has 0 aromatic carbocycles. The van der Waals surface area contributed by atoms with E-state index in [0.29, 0.717) is 0 Å². The van der Waals surface area contributed by atoms with Gasteiger partial charge in [-0.05, 0) is 18.3 Å². The van der Waals surface area contributed by atoms with Gasteiger partial charge in [-0.25, -0.2) is 0 Å². The molecule has 6 heteroatoms. The standard InChI is InChI=1S/C13H28N2O3S/c1-13(2,3)12(16)10-14-19(17,18)15(4)11-8-6-5-7-9-11/h11-12,14,16H,5-10H2,1-4H3. The number of nitrogens with zero attached hydrogens (tertiary/aromatic N) is 1. The number of nitrogens with one attached hydrogen (secondary N) is 1. The van der Waals surface area contributed by atoms with Crippen molar-refractivity contribution in [1.29, 1.82) is 0 Å². The maximum Gasteiger partial charge on any atom is 0.279 e. The first-order valence-corrected chi connectivity index (χ1v) is 8.49. The van der Waals surface area contributed by atoms with Crippen LogP contribution in [-0.2, 0) is 10.2 Å². The second-order valence-electron chi connectivity index (χ2n) is 6.54. The SMILES string of the molecule is CN(C1CCCCC1)S(=O)(=O)NCC(O)C(C)(C)C. The highest BCUT2D eigenvalue weighted by molar-refractivity contribution is 7.87. The highest BCUT2D eigenvalue weighted by Gasteiger charge is 2.29. The Bertz CT molecular complexity index is 370. The van der Waals surface area contributed by atoms with E-state index in [1.54, 1.807) is 7.05 Å². The van der Waals surface area contributed by atoms with E-state index >= 15 is 0 Å². The van der Waals surface area contributed by atoms with E-state index in [1.165, 1.54) is 10.7 Å². The van der Waals surface area contributed by atoms with E-state index in [2.05, 4.69) is 4.72 Å². The topological polar surface area (TPSA) is 69.6 Å². The molecule has 1 unspecified atom stereocenters. The minimum atomic E-state index is -3.49. The fraction of sp³-hybridized carbons (Fsp3) is 1.00. The summed E-state index contributed by atoms with van der Waals surface area (Å²) in [7, 11) is -1.87. The molecule has 0 spiro atoms. The number of hydrogen-bond acceptors (Lipinski definition) is 3. The van der Waals surface area contributed by atoms with Gasteiger partial charge in [-0.15, -0.1) is 0 Å². The van der Waals surface area contributed by atoms with E-state index in [9.17, 15) is 13.5 Å². The van der Waals surface area contributed by atoms with Gasteiger partial charge in [0.25, 0.3) is 10.2 Å². The summed E-state index contributed by atoms with van der Waals surface area (Å²) in [6.07, 6.45) is 4.55. The molecule has 1 fully saturated rings.